The molecule has 1 heterocycles. The molecule has 0 N–H and O–H groups in total. The van der Waals surface area contributed by atoms with Gasteiger partial charge in [0.1, 0.15) is 0 Å². The van der Waals surface area contributed by atoms with Crippen LogP contribution in [0.15, 0.2) is 30.3 Å². The number of hydrogen-bond acceptors (Lipinski definition) is 4. The molecule has 2 aromatic carbocycles. The van der Waals surface area contributed by atoms with Gasteiger partial charge in [-0.1, -0.05) is 49.4 Å². The molecule has 0 unspecified atom stereocenters. The number of anilines is 1. The molecule has 0 aliphatic rings. The van der Waals surface area contributed by atoms with E-state index in [0.717, 1.165) is 40.5 Å². The monoisotopic (exact) mass is 459 g/mol. The van der Waals surface area contributed by atoms with Crippen molar-refractivity contribution >= 4 is 45.0 Å². The summed E-state index contributed by atoms with van der Waals surface area (Å²) in [6, 6.07) is 10.5. The summed E-state index contributed by atoms with van der Waals surface area (Å²) in [4.78, 5) is 22.5. The molecule has 0 spiro atoms. The van der Waals surface area contributed by atoms with Gasteiger partial charge in [0, 0.05) is 13.1 Å². The minimum absolute atomic E-state index is 0. The fourth-order valence-corrected chi connectivity index (χ4v) is 4.69. The third kappa shape index (κ3) is 5.85. The summed E-state index contributed by atoms with van der Waals surface area (Å²) in [5.41, 5.74) is 6.98. The highest BCUT2D eigenvalue weighted by Crippen LogP contribution is 2.32. The molecule has 0 aliphatic heterocycles. The van der Waals surface area contributed by atoms with Crippen LogP contribution in [0, 0.1) is 27.7 Å². The maximum atomic E-state index is 13.4. The van der Waals surface area contributed by atoms with E-state index in [-0.39, 0.29) is 18.3 Å². The van der Waals surface area contributed by atoms with Crippen LogP contribution in [-0.4, -0.2) is 42.0 Å². The Morgan fingerprint density at radius 2 is 1.61 bits per heavy atom. The van der Waals surface area contributed by atoms with Crippen molar-refractivity contribution < 1.29 is 4.79 Å². The van der Waals surface area contributed by atoms with Crippen LogP contribution < -0.4 is 4.90 Å². The van der Waals surface area contributed by atoms with Crippen molar-refractivity contribution in [3.8, 4) is 0 Å². The summed E-state index contributed by atoms with van der Waals surface area (Å²) < 4.78 is 1.14. The second-order valence-electron chi connectivity index (χ2n) is 8.02. The second kappa shape index (κ2) is 11.1. The first kappa shape index (κ1) is 25.3. The van der Waals surface area contributed by atoms with E-state index in [4.69, 9.17) is 4.98 Å². The van der Waals surface area contributed by atoms with E-state index in [9.17, 15) is 4.79 Å². The molecular weight excluding hydrogens is 426 g/mol. The lowest BCUT2D eigenvalue weighted by Gasteiger charge is -2.25. The quantitative estimate of drug-likeness (QED) is 0.422. The maximum Gasteiger partial charge on any atom is 0.233 e. The number of likely N-dealkylation sites (N-methyl/N-ethyl adjacent to an activating group) is 1. The Kier molecular flexibility index (Phi) is 9.04. The molecule has 0 atom stereocenters. The summed E-state index contributed by atoms with van der Waals surface area (Å²) in [5, 5.41) is 0.805. The van der Waals surface area contributed by atoms with Crippen LogP contribution in [0.25, 0.3) is 10.2 Å². The van der Waals surface area contributed by atoms with Crippen LogP contribution in [0.3, 0.4) is 0 Å². The predicted octanol–water partition coefficient (Wildman–Crippen LogP) is 5.87. The number of aromatic nitrogens is 1. The van der Waals surface area contributed by atoms with Crippen molar-refractivity contribution in [2.45, 2.75) is 48.0 Å². The molecular formula is C25H34ClN3OS. The predicted molar refractivity (Wildman–Crippen MR) is 136 cm³/mol. The van der Waals surface area contributed by atoms with Crippen LogP contribution >= 0.6 is 23.7 Å². The van der Waals surface area contributed by atoms with Gasteiger partial charge in [0.25, 0.3) is 0 Å². The lowest BCUT2D eigenvalue weighted by Crippen LogP contribution is -2.39. The van der Waals surface area contributed by atoms with Gasteiger partial charge in [0.2, 0.25) is 5.91 Å². The molecule has 0 bridgehead atoms. The van der Waals surface area contributed by atoms with Gasteiger partial charge in [0.05, 0.1) is 16.6 Å². The SMILES string of the molecule is CCN(CC)CCN(C(=O)Cc1ccc(C)c(C)c1)c1nc2c(C)c(C)ccc2s1.Cl. The van der Waals surface area contributed by atoms with E-state index < -0.39 is 0 Å². The Bertz CT molecular complexity index is 1040. The third-order valence-corrected chi connectivity index (χ3v) is 7.11. The topological polar surface area (TPSA) is 36.4 Å². The van der Waals surface area contributed by atoms with Gasteiger partial charge in [0.15, 0.2) is 5.13 Å². The average Bonchev–Trinajstić information content (AvgIpc) is 3.15. The molecule has 3 rings (SSSR count). The molecule has 0 fully saturated rings. The molecule has 0 radical (unpaired) electrons. The van der Waals surface area contributed by atoms with E-state index in [1.165, 1.54) is 22.3 Å². The van der Waals surface area contributed by atoms with Crippen molar-refractivity contribution in [1.29, 1.82) is 0 Å². The van der Waals surface area contributed by atoms with Crippen LogP contribution in [0.2, 0.25) is 0 Å². The Labute approximate surface area is 196 Å². The van der Waals surface area contributed by atoms with Crippen molar-refractivity contribution in [2.24, 2.45) is 0 Å². The maximum absolute atomic E-state index is 13.4. The molecule has 0 saturated carbocycles. The van der Waals surface area contributed by atoms with Gasteiger partial charge in [-0.2, -0.15) is 0 Å². The first-order chi connectivity index (χ1) is 14.3. The van der Waals surface area contributed by atoms with E-state index in [1.807, 2.05) is 4.90 Å². The molecule has 4 nitrogen and oxygen atoms in total. The molecule has 0 aliphatic carbocycles. The van der Waals surface area contributed by atoms with Gasteiger partial charge < -0.3 is 4.90 Å². The number of carbonyl (C=O) groups excluding carboxylic acids is 1. The number of aryl methyl sites for hydroxylation is 4. The van der Waals surface area contributed by atoms with Gasteiger partial charge in [-0.25, -0.2) is 4.98 Å². The highest BCUT2D eigenvalue weighted by atomic mass is 35.5. The number of benzene rings is 2. The van der Waals surface area contributed by atoms with Crippen LogP contribution in [0.4, 0.5) is 5.13 Å². The summed E-state index contributed by atoms with van der Waals surface area (Å²) in [6.07, 6.45) is 0.396. The Balaban J connectivity index is 0.00000341. The minimum atomic E-state index is 0. The number of halogens is 1. The van der Waals surface area contributed by atoms with E-state index in [1.54, 1.807) is 11.3 Å². The van der Waals surface area contributed by atoms with Crippen LogP contribution in [-0.2, 0) is 11.2 Å². The lowest BCUT2D eigenvalue weighted by molar-refractivity contribution is -0.118. The molecule has 1 aromatic heterocycles. The smallest absolute Gasteiger partial charge is 0.233 e. The molecule has 168 valence electrons. The summed E-state index contributed by atoms with van der Waals surface area (Å²) in [7, 11) is 0. The molecule has 1 amide bonds. The number of rotatable bonds is 8. The Morgan fingerprint density at radius 1 is 0.935 bits per heavy atom. The minimum Gasteiger partial charge on any atom is -0.302 e. The fourth-order valence-electron chi connectivity index (χ4n) is 3.62. The largest absolute Gasteiger partial charge is 0.302 e. The van der Waals surface area contributed by atoms with Crippen molar-refractivity contribution in [1.82, 2.24) is 9.88 Å². The number of amides is 1. The number of fused-ring (bicyclic) bond motifs is 1. The first-order valence-electron chi connectivity index (χ1n) is 10.8. The van der Waals surface area contributed by atoms with E-state index in [2.05, 4.69) is 76.8 Å². The first-order valence-corrected chi connectivity index (χ1v) is 11.6. The summed E-state index contributed by atoms with van der Waals surface area (Å²) in [5.74, 6) is 0.110. The summed E-state index contributed by atoms with van der Waals surface area (Å²) >= 11 is 1.62. The zero-order chi connectivity index (χ0) is 21.8. The molecule has 6 heteroatoms. The van der Waals surface area contributed by atoms with E-state index in [0.29, 0.717) is 13.0 Å². The number of thiazole rings is 1. The highest BCUT2D eigenvalue weighted by molar-refractivity contribution is 7.22. The number of carbonyl (C=O) groups is 1. The lowest BCUT2D eigenvalue weighted by atomic mass is 10.0. The number of hydrogen-bond donors (Lipinski definition) is 0. The van der Waals surface area contributed by atoms with Crippen LogP contribution in [0.5, 0.6) is 0 Å². The van der Waals surface area contributed by atoms with Crippen molar-refractivity contribution in [3.05, 3.63) is 58.1 Å². The Hall–Kier alpha value is -1.95. The fraction of sp³-hybridized carbons (Fsp3) is 0.440. The zero-order valence-electron chi connectivity index (χ0n) is 19.5. The zero-order valence-corrected chi connectivity index (χ0v) is 21.1. The second-order valence-corrected chi connectivity index (χ2v) is 9.03. The van der Waals surface area contributed by atoms with Crippen molar-refractivity contribution in [2.75, 3.05) is 31.1 Å². The van der Waals surface area contributed by atoms with Crippen LogP contribution in [0.1, 0.15) is 41.7 Å². The molecule has 31 heavy (non-hydrogen) atoms. The van der Waals surface area contributed by atoms with Gasteiger partial charge >= 0.3 is 0 Å². The molecule has 3 aromatic rings. The standard InChI is InChI=1S/C25H33N3OS.ClH/c1-7-27(8-2)13-14-28(23(29)16-21-11-9-17(3)19(5)15-21)25-26-24-20(6)18(4)10-12-22(24)30-25;/h9-12,15H,7-8,13-14,16H2,1-6H3;1H. The third-order valence-electron chi connectivity index (χ3n) is 6.07. The average molecular weight is 460 g/mol. The van der Waals surface area contributed by atoms with E-state index >= 15 is 0 Å². The highest BCUT2D eigenvalue weighted by Gasteiger charge is 2.21. The van der Waals surface area contributed by atoms with Gasteiger partial charge in [-0.3, -0.25) is 9.69 Å². The normalized spacial score (nSPS) is 11.1. The van der Waals surface area contributed by atoms with Gasteiger partial charge in [-0.15, -0.1) is 12.4 Å². The van der Waals surface area contributed by atoms with Crippen molar-refractivity contribution in [3.63, 3.8) is 0 Å². The Morgan fingerprint density at radius 3 is 2.26 bits per heavy atom. The number of nitrogens with zero attached hydrogens (tertiary/aromatic N) is 3. The van der Waals surface area contributed by atoms with Gasteiger partial charge in [-0.05, 0) is 74.7 Å². The summed E-state index contributed by atoms with van der Waals surface area (Å²) in [6.45, 7) is 16.2. The molecule has 0 saturated heterocycles.